The molecule has 29 heavy (non-hydrogen) atoms. The van der Waals surface area contributed by atoms with Gasteiger partial charge < -0.3 is 20.7 Å². The van der Waals surface area contributed by atoms with Crippen LogP contribution < -0.4 is 20.7 Å². The number of hydrogen-bond acceptors (Lipinski definition) is 3. The molecule has 0 atom stereocenters. The molecule has 0 saturated heterocycles. The van der Waals surface area contributed by atoms with Crippen LogP contribution in [0.25, 0.3) is 0 Å². The Morgan fingerprint density at radius 3 is 2.34 bits per heavy atom. The lowest BCUT2D eigenvalue weighted by atomic mass is 10.2. The van der Waals surface area contributed by atoms with E-state index in [4.69, 9.17) is 4.74 Å². The Kier molecular flexibility index (Phi) is 10.3. The Morgan fingerprint density at radius 2 is 1.72 bits per heavy atom. The second-order valence-corrected chi connectivity index (χ2v) is 5.67. The molecule has 0 bridgehead atoms. The predicted molar refractivity (Wildman–Crippen MR) is 116 cm³/mol. The molecule has 0 unspecified atom stereocenters. The molecule has 1 amide bonds. The van der Waals surface area contributed by atoms with Gasteiger partial charge >= 0.3 is 0 Å². The summed E-state index contributed by atoms with van der Waals surface area (Å²) < 4.78 is 44.8. The number of benzene rings is 2. The van der Waals surface area contributed by atoms with E-state index in [-0.39, 0.29) is 30.5 Å². The Labute approximate surface area is 184 Å². The summed E-state index contributed by atoms with van der Waals surface area (Å²) in [6, 6.07) is 9.05. The van der Waals surface area contributed by atoms with Crippen molar-refractivity contribution in [1.82, 2.24) is 10.6 Å². The highest BCUT2D eigenvalue weighted by Crippen LogP contribution is 2.19. The highest BCUT2D eigenvalue weighted by atomic mass is 127. The quantitative estimate of drug-likeness (QED) is 0.226. The normalized spacial score (nSPS) is 10.7. The van der Waals surface area contributed by atoms with Gasteiger partial charge in [-0.2, -0.15) is 0 Å². The number of ether oxygens (including phenoxy) is 1. The van der Waals surface area contributed by atoms with Crippen LogP contribution >= 0.6 is 24.0 Å². The minimum Gasteiger partial charge on any atom is -0.497 e. The van der Waals surface area contributed by atoms with Crippen LogP contribution in [0.1, 0.15) is 12.5 Å². The van der Waals surface area contributed by atoms with E-state index < -0.39 is 29.0 Å². The number of nitrogens with zero attached hydrogens (tertiary/aromatic N) is 1. The highest BCUT2D eigenvalue weighted by molar-refractivity contribution is 14.0. The molecular formula is C19H22F3IN4O2. The number of methoxy groups -OCH3 is 1. The van der Waals surface area contributed by atoms with E-state index in [1.165, 1.54) is 0 Å². The molecule has 3 N–H and O–H groups in total. The minimum absolute atomic E-state index is 0. The average molecular weight is 522 g/mol. The van der Waals surface area contributed by atoms with Gasteiger partial charge in [-0.3, -0.25) is 4.79 Å². The van der Waals surface area contributed by atoms with Crippen molar-refractivity contribution in [2.24, 2.45) is 4.99 Å². The SMILES string of the molecule is CCNC(=NCc1ccc(OC)cc1)NCC(=O)Nc1ccc(F)c(F)c1F.I. The van der Waals surface area contributed by atoms with Gasteiger partial charge in [0.2, 0.25) is 5.91 Å². The molecule has 6 nitrogen and oxygen atoms in total. The summed E-state index contributed by atoms with van der Waals surface area (Å²) in [5.41, 5.74) is 0.497. The molecule has 0 radical (unpaired) electrons. The number of guanidine groups is 1. The maximum Gasteiger partial charge on any atom is 0.243 e. The average Bonchev–Trinajstić information content (AvgIpc) is 2.71. The summed E-state index contributed by atoms with van der Waals surface area (Å²) in [7, 11) is 1.58. The van der Waals surface area contributed by atoms with E-state index >= 15 is 0 Å². The summed E-state index contributed by atoms with van der Waals surface area (Å²) in [6.07, 6.45) is 0. The summed E-state index contributed by atoms with van der Waals surface area (Å²) >= 11 is 0. The Morgan fingerprint density at radius 1 is 1.03 bits per heavy atom. The highest BCUT2D eigenvalue weighted by Gasteiger charge is 2.15. The molecule has 0 saturated carbocycles. The van der Waals surface area contributed by atoms with Crippen molar-refractivity contribution in [2.45, 2.75) is 13.5 Å². The van der Waals surface area contributed by atoms with Gasteiger partial charge in [-0.05, 0) is 36.8 Å². The van der Waals surface area contributed by atoms with E-state index in [1.807, 2.05) is 31.2 Å². The van der Waals surface area contributed by atoms with Crippen LogP contribution in [0.15, 0.2) is 41.4 Å². The van der Waals surface area contributed by atoms with Crippen molar-refractivity contribution < 1.29 is 22.7 Å². The topological polar surface area (TPSA) is 74.8 Å². The molecule has 0 spiro atoms. The number of carbonyl (C=O) groups excluding carboxylic acids is 1. The van der Waals surface area contributed by atoms with Gasteiger partial charge in [-0.25, -0.2) is 18.2 Å². The van der Waals surface area contributed by atoms with Crippen molar-refractivity contribution in [3.8, 4) is 5.75 Å². The first kappa shape index (κ1) is 24.5. The Hall–Kier alpha value is -2.50. The molecule has 2 aromatic rings. The zero-order chi connectivity index (χ0) is 20.5. The van der Waals surface area contributed by atoms with Crippen molar-refractivity contribution >= 4 is 41.5 Å². The molecule has 0 aromatic heterocycles. The third kappa shape index (κ3) is 7.44. The number of halogens is 4. The number of aliphatic imine (C=N–C) groups is 1. The van der Waals surface area contributed by atoms with E-state index in [0.29, 0.717) is 19.0 Å². The molecule has 0 heterocycles. The van der Waals surface area contributed by atoms with Crippen LogP contribution in [0.4, 0.5) is 18.9 Å². The maximum absolute atomic E-state index is 13.6. The number of rotatable bonds is 7. The maximum atomic E-state index is 13.6. The van der Waals surface area contributed by atoms with Crippen molar-refractivity contribution in [3.63, 3.8) is 0 Å². The Bertz CT molecular complexity index is 848. The number of carbonyl (C=O) groups is 1. The van der Waals surface area contributed by atoms with Gasteiger partial charge in [0.1, 0.15) is 5.75 Å². The van der Waals surface area contributed by atoms with Gasteiger partial charge in [-0.15, -0.1) is 24.0 Å². The monoisotopic (exact) mass is 522 g/mol. The fourth-order valence-corrected chi connectivity index (χ4v) is 2.22. The smallest absolute Gasteiger partial charge is 0.243 e. The number of nitrogens with one attached hydrogen (secondary N) is 3. The van der Waals surface area contributed by atoms with E-state index in [1.54, 1.807) is 7.11 Å². The largest absolute Gasteiger partial charge is 0.497 e. The summed E-state index contributed by atoms with van der Waals surface area (Å²) in [6.45, 7) is 2.54. The zero-order valence-corrected chi connectivity index (χ0v) is 18.2. The second-order valence-electron chi connectivity index (χ2n) is 5.67. The standard InChI is InChI=1S/C19H21F3N4O2.HI/c1-3-23-19(24-10-12-4-6-13(28-2)7-5-12)25-11-16(27)26-15-9-8-14(20)17(21)18(15)22;/h4-9H,3,10-11H2,1-2H3,(H,26,27)(H2,23,24,25);1H. The molecule has 10 heteroatoms. The first-order valence-electron chi connectivity index (χ1n) is 8.53. The molecule has 0 aliphatic carbocycles. The fraction of sp³-hybridized carbons (Fsp3) is 0.263. The molecule has 2 rings (SSSR count). The first-order chi connectivity index (χ1) is 13.4. The first-order valence-corrected chi connectivity index (χ1v) is 8.53. The Balaban J connectivity index is 0.00000420. The second kappa shape index (κ2) is 12.1. The van der Waals surface area contributed by atoms with Crippen LogP contribution in [0, 0.1) is 17.5 Å². The van der Waals surface area contributed by atoms with Gasteiger partial charge in [0.25, 0.3) is 0 Å². The molecule has 2 aromatic carbocycles. The lowest BCUT2D eigenvalue weighted by molar-refractivity contribution is -0.115. The van der Waals surface area contributed by atoms with Crippen LogP contribution in [0.3, 0.4) is 0 Å². The van der Waals surface area contributed by atoms with Gasteiger partial charge in [-0.1, -0.05) is 12.1 Å². The van der Waals surface area contributed by atoms with Crippen molar-refractivity contribution in [3.05, 3.63) is 59.4 Å². The van der Waals surface area contributed by atoms with Gasteiger partial charge in [0.15, 0.2) is 23.4 Å². The minimum atomic E-state index is -1.64. The molecular weight excluding hydrogens is 500 g/mol. The molecule has 0 fully saturated rings. The van der Waals surface area contributed by atoms with Gasteiger partial charge in [0, 0.05) is 6.54 Å². The summed E-state index contributed by atoms with van der Waals surface area (Å²) in [5, 5.41) is 7.95. The third-order valence-electron chi connectivity index (χ3n) is 3.65. The zero-order valence-electron chi connectivity index (χ0n) is 15.9. The van der Waals surface area contributed by atoms with Crippen LogP contribution in [0.2, 0.25) is 0 Å². The molecule has 0 aliphatic heterocycles. The van der Waals surface area contributed by atoms with Crippen LogP contribution in [-0.4, -0.2) is 32.1 Å². The van der Waals surface area contributed by atoms with E-state index in [2.05, 4.69) is 20.9 Å². The number of amides is 1. The van der Waals surface area contributed by atoms with Crippen LogP contribution in [0.5, 0.6) is 5.75 Å². The lowest BCUT2D eigenvalue weighted by Crippen LogP contribution is -2.41. The van der Waals surface area contributed by atoms with E-state index in [9.17, 15) is 18.0 Å². The fourth-order valence-electron chi connectivity index (χ4n) is 2.22. The van der Waals surface area contributed by atoms with Crippen molar-refractivity contribution in [1.29, 1.82) is 0 Å². The lowest BCUT2D eigenvalue weighted by Gasteiger charge is -2.12. The number of hydrogen-bond donors (Lipinski definition) is 3. The molecule has 158 valence electrons. The predicted octanol–water partition coefficient (Wildman–Crippen LogP) is 3.42. The third-order valence-corrected chi connectivity index (χ3v) is 3.65. The summed E-state index contributed by atoms with van der Waals surface area (Å²) in [4.78, 5) is 16.3. The molecule has 0 aliphatic rings. The number of anilines is 1. The van der Waals surface area contributed by atoms with E-state index in [0.717, 1.165) is 23.4 Å². The van der Waals surface area contributed by atoms with Gasteiger partial charge in [0.05, 0.1) is 25.9 Å². The van der Waals surface area contributed by atoms with Crippen LogP contribution in [-0.2, 0) is 11.3 Å². The van der Waals surface area contributed by atoms with Crippen molar-refractivity contribution in [2.75, 3.05) is 25.5 Å². The summed E-state index contributed by atoms with van der Waals surface area (Å²) in [5.74, 6) is -3.94.